The van der Waals surface area contributed by atoms with Crippen molar-refractivity contribution in [3.63, 3.8) is 0 Å². The van der Waals surface area contributed by atoms with Gasteiger partial charge in [-0.3, -0.25) is 0 Å². The van der Waals surface area contributed by atoms with E-state index in [1.54, 1.807) is 18.5 Å². The maximum absolute atomic E-state index is 12.5. The number of nitrogens with zero attached hydrogens (tertiary/aromatic N) is 2. The Bertz CT molecular complexity index is 728. The maximum Gasteiger partial charge on any atom is 0.240 e. The Kier molecular flexibility index (Phi) is 3.99. The molecule has 114 valence electrons. The van der Waals surface area contributed by atoms with Crippen LogP contribution < -0.4 is 4.72 Å². The highest BCUT2D eigenvalue weighted by atomic mass is 32.2. The van der Waals surface area contributed by atoms with E-state index in [9.17, 15) is 8.42 Å². The molecule has 0 saturated heterocycles. The summed E-state index contributed by atoms with van der Waals surface area (Å²) in [4.78, 5) is 4.53. The molecule has 0 radical (unpaired) electrons. The summed E-state index contributed by atoms with van der Waals surface area (Å²) < 4.78 is 29.8. The van der Waals surface area contributed by atoms with Gasteiger partial charge in [0.05, 0.1) is 22.3 Å². The van der Waals surface area contributed by atoms with Crippen LogP contribution >= 0.6 is 0 Å². The Morgan fingerprint density at radius 1 is 1.19 bits per heavy atom. The second kappa shape index (κ2) is 5.77. The van der Waals surface area contributed by atoms with Gasteiger partial charge in [0.15, 0.2) is 0 Å². The van der Waals surface area contributed by atoms with E-state index in [0.29, 0.717) is 10.4 Å². The third kappa shape index (κ3) is 3.11. The summed E-state index contributed by atoms with van der Waals surface area (Å²) in [7, 11) is -1.56. The fourth-order valence-electron chi connectivity index (χ4n) is 2.97. The smallest absolute Gasteiger partial charge is 0.240 e. The standard InChI is InChI=1S/C15H21N3O2S/c1-18-11-16-14-10-13(8-9-15(14)18)21(19,20)17-12-6-4-2-3-5-7-12/h8-12,17H,2-7H2,1H3. The van der Waals surface area contributed by atoms with Crippen LogP contribution in [0.4, 0.5) is 0 Å². The number of aromatic nitrogens is 2. The minimum atomic E-state index is -3.46. The lowest BCUT2D eigenvalue weighted by molar-refractivity contribution is 0.510. The number of imidazole rings is 1. The number of fused-ring (bicyclic) bond motifs is 1. The van der Waals surface area contributed by atoms with Gasteiger partial charge in [0.1, 0.15) is 0 Å². The van der Waals surface area contributed by atoms with Crippen LogP contribution in [0.25, 0.3) is 11.0 Å². The molecule has 2 aromatic rings. The van der Waals surface area contributed by atoms with Crippen molar-refractivity contribution in [2.24, 2.45) is 7.05 Å². The van der Waals surface area contributed by atoms with E-state index in [0.717, 1.165) is 31.2 Å². The molecule has 0 unspecified atom stereocenters. The first-order chi connectivity index (χ1) is 10.1. The number of aryl methyl sites for hydroxylation is 1. The number of rotatable bonds is 3. The minimum absolute atomic E-state index is 0.0666. The zero-order valence-corrected chi connectivity index (χ0v) is 13.1. The Morgan fingerprint density at radius 2 is 1.90 bits per heavy atom. The summed E-state index contributed by atoms with van der Waals surface area (Å²) in [6.07, 6.45) is 8.19. The predicted molar refractivity (Wildman–Crippen MR) is 82.5 cm³/mol. The van der Waals surface area contributed by atoms with E-state index < -0.39 is 10.0 Å². The van der Waals surface area contributed by atoms with Crippen molar-refractivity contribution in [3.8, 4) is 0 Å². The van der Waals surface area contributed by atoms with E-state index in [1.165, 1.54) is 12.8 Å². The van der Waals surface area contributed by atoms with Gasteiger partial charge < -0.3 is 4.57 Å². The molecule has 5 nitrogen and oxygen atoms in total. The van der Waals surface area contributed by atoms with E-state index >= 15 is 0 Å². The van der Waals surface area contributed by atoms with Gasteiger partial charge in [-0.05, 0) is 31.0 Å². The minimum Gasteiger partial charge on any atom is -0.334 e. The monoisotopic (exact) mass is 307 g/mol. The molecule has 1 aliphatic rings. The molecular formula is C15H21N3O2S. The fraction of sp³-hybridized carbons (Fsp3) is 0.533. The Morgan fingerprint density at radius 3 is 2.62 bits per heavy atom. The summed E-state index contributed by atoms with van der Waals surface area (Å²) in [6, 6.07) is 5.18. The first-order valence-electron chi connectivity index (χ1n) is 7.50. The Hall–Kier alpha value is -1.40. The van der Waals surface area contributed by atoms with Gasteiger partial charge in [0, 0.05) is 13.1 Å². The average molecular weight is 307 g/mol. The second-order valence-corrected chi connectivity index (χ2v) is 7.53. The normalized spacial score (nSPS) is 18.0. The molecule has 0 amide bonds. The van der Waals surface area contributed by atoms with E-state index in [2.05, 4.69) is 9.71 Å². The average Bonchev–Trinajstić information content (AvgIpc) is 2.66. The lowest BCUT2D eigenvalue weighted by atomic mass is 10.1. The molecule has 1 N–H and O–H groups in total. The molecule has 21 heavy (non-hydrogen) atoms. The summed E-state index contributed by atoms with van der Waals surface area (Å²) in [6.45, 7) is 0. The summed E-state index contributed by atoms with van der Waals surface area (Å²) >= 11 is 0. The summed E-state index contributed by atoms with van der Waals surface area (Å²) in [5.41, 5.74) is 1.64. The molecule has 1 heterocycles. The van der Waals surface area contributed by atoms with Crippen LogP contribution in [0.2, 0.25) is 0 Å². The number of benzene rings is 1. The zero-order chi connectivity index (χ0) is 14.9. The molecule has 1 aromatic carbocycles. The highest BCUT2D eigenvalue weighted by molar-refractivity contribution is 7.89. The van der Waals surface area contributed by atoms with Crippen LogP contribution in [0.15, 0.2) is 29.4 Å². The van der Waals surface area contributed by atoms with Crippen molar-refractivity contribution in [1.82, 2.24) is 14.3 Å². The summed E-state index contributed by atoms with van der Waals surface area (Å²) in [5, 5.41) is 0. The van der Waals surface area contributed by atoms with Gasteiger partial charge in [-0.25, -0.2) is 18.1 Å². The van der Waals surface area contributed by atoms with Crippen LogP contribution in [0.1, 0.15) is 38.5 Å². The maximum atomic E-state index is 12.5. The van der Waals surface area contributed by atoms with Crippen LogP contribution in [0, 0.1) is 0 Å². The molecule has 0 aliphatic heterocycles. The molecule has 3 rings (SSSR count). The topological polar surface area (TPSA) is 64.0 Å². The molecule has 1 aromatic heterocycles. The lowest BCUT2D eigenvalue weighted by Crippen LogP contribution is -2.34. The van der Waals surface area contributed by atoms with Crippen molar-refractivity contribution < 1.29 is 8.42 Å². The quantitative estimate of drug-likeness (QED) is 0.886. The fourth-order valence-corrected chi connectivity index (χ4v) is 4.29. The first kappa shape index (κ1) is 14.5. The van der Waals surface area contributed by atoms with Gasteiger partial charge >= 0.3 is 0 Å². The molecule has 0 bridgehead atoms. The SMILES string of the molecule is Cn1cnc2cc(S(=O)(=O)NC3CCCCCC3)ccc21. The lowest BCUT2D eigenvalue weighted by Gasteiger charge is -2.16. The van der Waals surface area contributed by atoms with Gasteiger partial charge in [-0.2, -0.15) is 0 Å². The summed E-state index contributed by atoms with van der Waals surface area (Å²) in [5.74, 6) is 0. The van der Waals surface area contributed by atoms with Crippen LogP contribution in [0.3, 0.4) is 0 Å². The second-order valence-electron chi connectivity index (χ2n) is 5.82. The molecular weight excluding hydrogens is 286 g/mol. The van der Waals surface area contributed by atoms with Gasteiger partial charge in [0.2, 0.25) is 10.0 Å². The van der Waals surface area contributed by atoms with Crippen molar-refractivity contribution in [2.45, 2.75) is 49.5 Å². The molecule has 1 saturated carbocycles. The highest BCUT2D eigenvalue weighted by Crippen LogP contribution is 2.21. The zero-order valence-electron chi connectivity index (χ0n) is 12.2. The molecule has 6 heteroatoms. The highest BCUT2D eigenvalue weighted by Gasteiger charge is 2.21. The predicted octanol–water partition coefficient (Wildman–Crippen LogP) is 2.57. The largest absolute Gasteiger partial charge is 0.334 e. The van der Waals surface area contributed by atoms with Gasteiger partial charge in [-0.15, -0.1) is 0 Å². The third-order valence-corrected chi connectivity index (χ3v) is 5.70. The molecule has 1 fully saturated rings. The number of hydrogen-bond acceptors (Lipinski definition) is 3. The molecule has 0 atom stereocenters. The van der Waals surface area contributed by atoms with Crippen LogP contribution in [-0.2, 0) is 17.1 Å². The number of nitrogens with one attached hydrogen (secondary N) is 1. The van der Waals surface area contributed by atoms with Crippen LogP contribution in [0.5, 0.6) is 0 Å². The van der Waals surface area contributed by atoms with Crippen molar-refractivity contribution >= 4 is 21.1 Å². The molecule has 1 aliphatic carbocycles. The Labute approximate surface area is 125 Å². The molecule has 0 spiro atoms. The number of hydrogen-bond donors (Lipinski definition) is 1. The number of sulfonamides is 1. The van der Waals surface area contributed by atoms with E-state index in [4.69, 9.17) is 0 Å². The van der Waals surface area contributed by atoms with Crippen LogP contribution in [-0.4, -0.2) is 24.0 Å². The van der Waals surface area contributed by atoms with Gasteiger partial charge in [0.25, 0.3) is 0 Å². The van der Waals surface area contributed by atoms with E-state index in [1.807, 2.05) is 17.7 Å². The van der Waals surface area contributed by atoms with Crippen molar-refractivity contribution in [1.29, 1.82) is 0 Å². The van der Waals surface area contributed by atoms with Crippen molar-refractivity contribution in [2.75, 3.05) is 0 Å². The van der Waals surface area contributed by atoms with Gasteiger partial charge in [-0.1, -0.05) is 25.7 Å². The van der Waals surface area contributed by atoms with Crippen molar-refractivity contribution in [3.05, 3.63) is 24.5 Å². The third-order valence-electron chi connectivity index (χ3n) is 4.18. The Balaban J connectivity index is 1.85. The first-order valence-corrected chi connectivity index (χ1v) is 8.98. The van der Waals surface area contributed by atoms with E-state index in [-0.39, 0.29) is 6.04 Å².